The van der Waals surface area contributed by atoms with E-state index in [-0.39, 0.29) is 5.56 Å². The summed E-state index contributed by atoms with van der Waals surface area (Å²) in [5.41, 5.74) is 1.20. The summed E-state index contributed by atoms with van der Waals surface area (Å²) < 4.78 is 15.2. The van der Waals surface area contributed by atoms with Gasteiger partial charge in [0.15, 0.2) is 11.5 Å². The van der Waals surface area contributed by atoms with E-state index in [0.29, 0.717) is 47.9 Å². The number of hydrogen-bond donors (Lipinski definition) is 0. The summed E-state index contributed by atoms with van der Waals surface area (Å²) in [5, 5.41) is 5.05. The number of unbranched alkanes of at least 4 members (excludes halogenated alkanes) is 1. The van der Waals surface area contributed by atoms with Gasteiger partial charge in [-0.15, -0.1) is 0 Å². The Morgan fingerprint density at radius 1 is 1.06 bits per heavy atom. The minimum atomic E-state index is -0.204. The predicted molar refractivity (Wildman–Crippen MR) is 139 cm³/mol. The first-order valence-electron chi connectivity index (χ1n) is 10.4. The van der Waals surface area contributed by atoms with Gasteiger partial charge in [0.05, 0.1) is 34.8 Å². The average Bonchev–Trinajstić information content (AvgIpc) is 2.78. The number of ether oxygens (including phenoxy) is 2. The maximum atomic E-state index is 13.3. The van der Waals surface area contributed by atoms with Gasteiger partial charge in [0.25, 0.3) is 5.56 Å². The Bertz CT molecular complexity index is 1210. The summed E-state index contributed by atoms with van der Waals surface area (Å²) in [4.78, 5) is 18.0. The number of rotatable bonds is 9. The van der Waals surface area contributed by atoms with Crippen molar-refractivity contribution in [2.45, 2.75) is 40.0 Å². The Morgan fingerprint density at radius 3 is 2.50 bits per heavy atom. The third-order valence-electron chi connectivity index (χ3n) is 4.69. The van der Waals surface area contributed by atoms with E-state index >= 15 is 0 Å². The lowest BCUT2D eigenvalue weighted by atomic mass is 10.2. The lowest BCUT2D eigenvalue weighted by molar-refractivity contribution is 0.286. The quantitative estimate of drug-likeness (QED) is 0.247. The molecule has 0 aliphatic carbocycles. The number of aromatic nitrogens is 2. The topological polar surface area (TPSA) is 65.7 Å². The molecule has 3 aromatic rings. The molecule has 2 aromatic carbocycles. The van der Waals surface area contributed by atoms with Gasteiger partial charge in [-0.2, -0.15) is 9.78 Å². The van der Waals surface area contributed by atoms with Gasteiger partial charge in [-0.25, -0.2) is 4.98 Å². The molecule has 9 heteroatoms. The maximum absolute atomic E-state index is 13.3. The van der Waals surface area contributed by atoms with Gasteiger partial charge < -0.3 is 9.47 Å². The van der Waals surface area contributed by atoms with Crippen LogP contribution >= 0.6 is 47.8 Å². The third-order valence-corrected chi connectivity index (χ3v) is 7.32. The highest BCUT2D eigenvalue weighted by Gasteiger charge is 2.17. The number of nitrogens with zero attached hydrogens (tertiary/aromatic N) is 3. The molecular formula is C23H24Br3N3O3. The first kappa shape index (κ1) is 24.9. The zero-order chi connectivity index (χ0) is 23.3. The Morgan fingerprint density at radius 2 is 1.81 bits per heavy atom. The Balaban J connectivity index is 2.15. The van der Waals surface area contributed by atoms with E-state index in [4.69, 9.17) is 14.5 Å². The van der Waals surface area contributed by atoms with E-state index in [9.17, 15) is 4.79 Å². The smallest absolute Gasteiger partial charge is 0.282 e. The van der Waals surface area contributed by atoms with E-state index in [0.717, 1.165) is 31.8 Å². The van der Waals surface area contributed by atoms with Crippen LogP contribution in [-0.2, 0) is 6.42 Å². The highest BCUT2D eigenvalue weighted by Crippen LogP contribution is 2.42. The number of halogens is 3. The van der Waals surface area contributed by atoms with Gasteiger partial charge in [-0.3, -0.25) is 4.79 Å². The van der Waals surface area contributed by atoms with Crippen molar-refractivity contribution in [3.63, 3.8) is 0 Å². The second-order valence-electron chi connectivity index (χ2n) is 6.94. The fourth-order valence-electron chi connectivity index (χ4n) is 3.17. The van der Waals surface area contributed by atoms with E-state index in [1.807, 2.05) is 32.0 Å². The molecule has 0 atom stereocenters. The van der Waals surface area contributed by atoms with Gasteiger partial charge in [0.2, 0.25) is 0 Å². The molecule has 0 N–H and O–H groups in total. The second-order valence-corrected chi connectivity index (χ2v) is 9.44. The highest BCUT2D eigenvalue weighted by molar-refractivity contribution is 9.13. The molecule has 0 saturated heterocycles. The van der Waals surface area contributed by atoms with Crippen LogP contribution in [0.1, 0.15) is 45.0 Å². The number of aryl methyl sites for hydroxylation is 1. The van der Waals surface area contributed by atoms with Crippen molar-refractivity contribution in [1.29, 1.82) is 0 Å². The molecule has 0 amide bonds. The van der Waals surface area contributed by atoms with E-state index in [1.165, 1.54) is 4.68 Å². The van der Waals surface area contributed by atoms with Crippen LogP contribution in [0, 0.1) is 0 Å². The van der Waals surface area contributed by atoms with Crippen molar-refractivity contribution in [3.05, 3.63) is 59.4 Å². The van der Waals surface area contributed by atoms with Crippen LogP contribution in [0.4, 0.5) is 0 Å². The number of hydrogen-bond acceptors (Lipinski definition) is 5. The van der Waals surface area contributed by atoms with Crippen molar-refractivity contribution >= 4 is 64.9 Å². The van der Waals surface area contributed by atoms with Crippen LogP contribution in [-0.4, -0.2) is 29.1 Å². The molecule has 1 aromatic heterocycles. The summed E-state index contributed by atoms with van der Waals surface area (Å²) in [6, 6.07) is 7.35. The van der Waals surface area contributed by atoms with Gasteiger partial charge in [-0.1, -0.05) is 29.3 Å². The maximum Gasteiger partial charge on any atom is 0.282 e. The first-order chi connectivity index (χ1) is 15.4. The highest BCUT2D eigenvalue weighted by atomic mass is 79.9. The summed E-state index contributed by atoms with van der Waals surface area (Å²) in [6.07, 6.45) is 4.20. The SMILES string of the molecule is CCCCc1nc2ccc(Br)cc2c(=O)n1N=Cc1cc(OCC)c(OCC)c(Br)c1Br. The Labute approximate surface area is 212 Å². The van der Waals surface area contributed by atoms with Crippen LogP contribution in [0.3, 0.4) is 0 Å². The third kappa shape index (κ3) is 5.43. The fraction of sp³-hybridized carbons (Fsp3) is 0.348. The molecule has 170 valence electrons. The lowest BCUT2D eigenvalue weighted by Crippen LogP contribution is -2.22. The number of fused-ring (bicyclic) bond motifs is 1. The number of benzene rings is 2. The van der Waals surface area contributed by atoms with Crippen LogP contribution in [0.2, 0.25) is 0 Å². The molecule has 32 heavy (non-hydrogen) atoms. The van der Waals surface area contributed by atoms with Crippen LogP contribution in [0.25, 0.3) is 10.9 Å². The molecule has 0 radical (unpaired) electrons. The van der Waals surface area contributed by atoms with Crippen molar-refractivity contribution in [3.8, 4) is 11.5 Å². The Kier molecular flexibility index (Phi) is 8.90. The lowest BCUT2D eigenvalue weighted by Gasteiger charge is -2.15. The molecule has 0 aliphatic heterocycles. The molecule has 6 nitrogen and oxygen atoms in total. The van der Waals surface area contributed by atoms with Crippen LogP contribution in [0.15, 0.2) is 47.6 Å². The summed E-state index contributed by atoms with van der Waals surface area (Å²) in [6.45, 7) is 6.94. The summed E-state index contributed by atoms with van der Waals surface area (Å²) >= 11 is 10.6. The molecule has 0 spiro atoms. The monoisotopic (exact) mass is 627 g/mol. The van der Waals surface area contributed by atoms with E-state index < -0.39 is 0 Å². The molecule has 3 rings (SSSR count). The normalized spacial score (nSPS) is 11.4. The Hall–Kier alpha value is -1.71. The molecule has 0 bridgehead atoms. The predicted octanol–water partition coefficient (Wildman–Crippen LogP) is 6.71. The first-order valence-corrected chi connectivity index (χ1v) is 12.8. The minimum Gasteiger partial charge on any atom is -0.490 e. The fourth-order valence-corrected chi connectivity index (χ4v) is 4.47. The molecule has 0 unspecified atom stereocenters. The molecule has 0 aliphatic rings. The van der Waals surface area contributed by atoms with Crippen molar-refractivity contribution in [1.82, 2.24) is 9.66 Å². The summed E-state index contributed by atoms with van der Waals surface area (Å²) in [7, 11) is 0. The van der Waals surface area contributed by atoms with Gasteiger partial charge in [0, 0.05) is 20.9 Å². The summed E-state index contributed by atoms with van der Waals surface area (Å²) in [5.74, 6) is 1.86. The molecular weight excluding hydrogens is 606 g/mol. The molecule has 0 saturated carbocycles. The standard InChI is InChI=1S/C23H24Br3N3O3/c1-4-7-8-19-28-17-10-9-15(24)12-16(17)23(30)29(19)27-13-14-11-18(31-5-2)22(32-6-3)21(26)20(14)25/h9-13H,4-8H2,1-3H3. The zero-order valence-corrected chi connectivity index (χ0v) is 22.9. The average molecular weight is 630 g/mol. The molecule has 0 fully saturated rings. The van der Waals surface area contributed by atoms with E-state index in [1.54, 1.807) is 12.3 Å². The van der Waals surface area contributed by atoms with E-state index in [2.05, 4.69) is 59.8 Å². The van der Waals surface area contributed by atoms with Crippen LogP contribution < -0.4 is 15.0 Å². The van der Waals surface area contributed by atoms with Crippen LogP contribution in [0.5, 0.6) is 11.5 Å². The van der Waals surface area contributed by atoms with Gasteiger partial charge in [-0.05, 0) is 76.4 Å². The zero-order valence-electron chi connectivity index (χ0n) is 18.1. The van der Waals surface area contributed by atoms with Gasteiger partial charge >= 0.3 is 0 Å². The largest absolute Gasteiger partial charge is 0.490 e. The molecule has 1 heterocycles. The minimum absolute atomic E-state index is 0.204. The van der Waals surface area contributed by atoms with Crippen molar-refractivity contribution < 1.29 is 9.47 Å². The second kappa shape index (κ2) is 11.4. The van der Waals surface area contributed by atoms with Gasteiger partial charge in [0.1, 0.15) is 5.82 Å². The van der Waals surface area contributed by atoms with Crippen molar-refractivity contribution in [2.75, 3.05) is 13.2 Å². The van der Waals surface area contributed by atoms with Crippen molar-refractivity contribution in [2.24, 2.45) is 5.10 Å².